The average molecular weight is 285 g/mol. The first-order valence-corrected chi connectivity index (χ1v) is 6.30. The Morgan fingerprint density at radius 2 is 1.45 bits per heavy atom. The lowest BCUT2D eigenvalue weighted by molar-refractivity contribution is 0.111. The van der Waals surface area contributed by atoms with Crippen LogP contribution in [0.15, 0.2) is 12.2 Å². The van der Waals surface area contributed by atoms with Crippen molar-refractivity contribution in [2.45, 2.75) is 18.9 Å². The van der Waals surface area contributed by atoms with Crippen LogP contribution in [-0.4, -0.2) is 12.3 Å². The molecule has 3 atom stereocenters. The number of rotatable bonds is 3. The van der Waals surface area contributed by atoms with Crippen molar-refractivity contribution in [1.29, 1.82) is 0 Å². The number of anilines is 1. The van der Waals surface area contributed by atoms with E-state index < -0.39 is 34.5 Å². The summed E-state index contributed by atoms with van der Waals surface area (Å²) >= 11 is 0. The zero-order chi connectivity index (χ0) is 14.4. The molecule has 1 unspecified atom stereocenters. The summed E-state index contributed by atoms with van der Waals surface area (Å²) in [4.78, 5) is 10.5. The molecule has 0 spiro atoms. The fraction of sp³-hybridized carbons (Fsp3) is 0.357. The topological polar surface area (TPSA) is 29.1 Å². The van der Waals surface area contributed by atoms with E-state index in [1.807, 2.05) is 12.2 Å². The molecule has 1 N–H and O–H groups in total. The summed E-state index contributed by atoms with van der Waals surface area (Å²) in [7, 11) is 0. The second-order valence-corrected chi connectivity index (χ2v) is 5.12. The molecule has 2 bridgehead atoms. The maximum Gasteiger partial charge on any atom is 0.185 e. The number of carbonyl (C=O) groups excluding carboxylic acids is 1. The predicted octanol–water partition coefficient (Wildman–Crippen LogP) is 3.43. The van der Waals surface area contributed by atoms with E-state index in [0.29, 0.717) is 0 Å². The van der Waals surface area contributed by atoms with Gasteiger partial charge in [0, 0.05) is 6.04 Å². The lowest BCUT2D eigenvalue weighted by atomic mass is 10.0. The molecule has 1 saturated carbocycles. The van der Waals surface area contributed by atoms with Gasteiger partial charge in [0.25, 0.3) is 0 Å². The van der Waals surface area contributed by atoms with Gasteiger partial charge in [-0.3, -0.25) is 4.79 Å². The molecule has 0 aromatic heterocycles. The van der Waals surface area contributed by atoms with E-state index >= 15 is 0 Å². The smallest absolute Gasteiger partial charge is 0.185 e. The summed E-state index contributed by atoms with van der Waals surface area (Å²) in [5, 5.41) is 2.56. The van der Waals surface area contributed by atoms with Gasteiger partial charge in [-0.05, 0) is 24.7 Å². The molecule has 6 heteroatoms. The second-order valence-electron chi connectivity index (χ2n) is 5.12. The summed E-state index contributed by atoms with van der Waals surface area (Å²) in [6.07, 6.45) is 5.39. The number of nitrogens with one attached hydrogen (secondary N) is 1. The van der Waals surface area contributed by atoms with Gasteiger partial charge in [-0.2, -0.15) is 0 Å². The molecule has 3 rings (SSSR count). The number of aldehydes is 1. The van der Waals surface area contributed by atoms with Crippen molar-refractivity contribution in [1.82, 2.24) is 0 Å². The van der Waals surface area contributed by atoms with Gasteiger partial charge in [-0.15, -0.1) is 0 Å². The third-order valence-corrected chi connectivity index (χ3v) is 4.09. The molecular formula is C14H11F4NO. The average Bonchev–Trinajstić information content (AvgIpc) is 3.01. The maximum atomic E-state index is 13.8. The van der Waals surface area contributed by atoms with Gasteiger partial charge >= 0.3 is 0 Å². The Morgan fingerprint density at radius 1 is 0.950 bits per heavy atom. The molecule has 0 aliphatic heterocycles. The number of fused-ring (bicyclic) bond motifs is 2. The molecule has 0 amide bonds. The van der Waals surface area contributed by atoms with Gasteiger partial charge < -0.3 is 5.32 Å². The number of hydrogen-bond donors (Lipinski definition) is 1. The lowest BCUT2D eigenvalue weighted by Crippen LogP contribution is -2.27. The van der Waals surface area contributed by atoms with Crippen LogP contribution in [-0.2, 0) is 0 Å². The van der Waals surface area contributed by atoms with E-state index in [1.165, 1.54) is 0 Å². The minimum atomic E-state index is -1.67. The minimum absolute atomic E-state index is 0.107. The van der Waals surface area contributed by atoms with Crippen LogP contribution in [0.3, 0.4) is 0 Å². The maximum absolute atomic E-state index is 13.8. The first kappa shape index (κ1) is 13.1. The molecule has 1 aromatic carbocycles. The van der Waals surface area contributed by atoms with Crippen LogP contribution in [0.1, 0.15) is 23.2 Å². The van der Waals surface area contributed by atoms with E-state index in [1.54, 1.807) is 0 Å². The van der Waals surface area contributed by atoms with Gasteiger partial charge in [-0.25, -0.2) is 17.6 Å². The first-order chi connectivity index (χ1) is 9.54. The van der Waals surface area contributed by atoms with E-state index in [4.69, 9.17) is 0 Å². The molecule has 0 radical (unpaired) electrons. The molecular weight excluding hydrogens is 274 g/mol. The summed E-state index contributed by atoms with van der Waals surface area (Å²) in [5.41, 5.74) is -2.06. The normalized spacial score (nSPS) is 27.1. The summed E-state index contributed by atoms with van der Waals surface area (Å²) in [6, 6.07) is -0.264. The number of carbonyl (C=O) groups is 1. The highest BCUT2D eigenvalue weighted by Crippen LogP contribution is 2.42. The summed E-state index contributed by atoms with van der Waals surface area (Å²) in [5.74, 6) is -6.24. The van der Waals surface area contributed by atoms with Crippen molar-refractivity contribution in [2.24, 2.45) is 11.8 Å². The SMILES string of the molecule is O=Cc1c(F)c(F)c(NC2[C@@H]3C=C[C@H]2CC3)c(F)c1F. The minimum Gasteiger partial charge on any atom is -0.376 e. The standard InChI is InChI=1S/C14H11F4NO/c15-9-8(5-20)10(16)12(18)14(11(9)17)19-13-6-1-2-7(13)4-3-6/h1-2,5-7,13,19H,3-4H2/t6-,7+,13?. The fourth-order valence-corrected chi connectivity index (χ4v) is 3.04. The van der Waals surface area contributed by atoms with Gasteiger partial charge in [0.05, 0.1) is 5.56 Å². The molecule has 2 aliphatic carbocycles. The molecule has 2 nitrogen and oxygen atoms in total. The van der Waals surface area contributed by atoms with E-state index in [-0.39, 0.29) is 24.2 Å². The van der Waals surface area contributed by atoms with Gasteiger partial charge in [0.1, 0.15) is 5.69 Å². The van der Waals surface area contributed by atoms with Crippen molar-refractivity contribution in [3.63, 3.8) is 0 Å². The zero-order valence-corrected chi connectivity index (χ0v) is 10.3. The van der Waals surface area contributed by atoms with Crippen LogP contribution < -0.4 is 5.32 Å². The Balaban J connectivity index is 2.00. The van der Waals surface area contributed by atoms with Crippen molar-refractivity contribution >= 4 is 12.0 Å². The number of hydrogen-bond acceptors (Lipinski definition) is 2. The van der Waals surface area contributed by atoms with E-state index in [9.17, 15) is 22.4 Å². The molecule has 0 heterocycles. The zero-order valence-electron chi connectivity index (χ0n) is 10.3. The van der Waals surface area contributed by atoms with Gasteiger partial charge in [0.15, 0.2) is 29.6 Å². The summed E-state index contributed by atoms with van der Waals surface area (Å²) in [6.45, 7) is 0. The largest absolute Gasteiger partial charge is 0.376 e. The van der Waals surface area contributed by atoms with E-state index in [2.05, 4.69) is 5.32 Å². The third-order valence-electron chi connectivity index (χ3n) is 4.09. The summed E-state index contributed by atoms with van der Waals surface area (Å²) < 4.78 is 54.6. The van der Waals surface area contributed by atoms with Crippen LogP contribution in [0, 0.1) is 35.1 Å². The van der Waals surface area contributed by atoms with Crippen molar-refractivity contribution in [2.75, 3.05) is 5.32 Å². The van der Waals surface area contributed by atoms with Crippen LogP contribution in [0.25, 0.3) is 0 Å². The lowest BCUT2D eigenvalue weighted by Gasteiger charge is -2.20. The molecule has 1 aromatic rings. The Hall–Kier alpha value is -1.85. The highest BCUT2D eigenvalue weighted by Gasteiger charge is 2.39. The van der Waals surface area contributed by atoms with Crippen LogP contribution >= 0.6 is 0 Å². The Kier molecular flexibility index (Phi) is 3.03. The monoisotopic (exact) mass is 285 g/mol. The van der Waals surface area contributed by atoms with Crippen LogP contribution in [0.4, 0.5) is 23.2 Å². The number of halogens is 4. The Morgan fingerprint density at radius 3 is 1.85 bits per heavy atom. The van der Waals surface area contributed by atoms with Crippen LogP contribution in [0.2, 0.25) is 0 Å². The molecule has 0 saturated heterocycles. The second kappa shape index (κ2) is 4.61. The Bertz CT molecular complexity index is 571. The van der Waals surface area contributed by atoms with Crippen molar-refractivity contribution in [3.8, 4) is 0 Å². The molecule has 20 heavy (non-hydrogen) atoms. The van der Waals surface area contributed by atoms with Crippen molar-refractivity contribution in [3.05, 3.63) is 41.0 Å². The molecule has 2 aliphatic rings. The quantitative estimate of drug-likeness (QED) is 0.399. The van der Waals surface area contributed by atoms with Gasteiger partial charge in [0.2, 0.25) is 0 Å². The highest BCUT2D eigenvalue weighted by molar-refractivity contribution is 5.77. The third kappa shape index (κ3) is 1.74. The number of benzene rings is 1. The van der Waals surface area contributed by atoms with E-state index in [0.717, 1.165) is 12.8 Å². The molecule has 106 valence electrons. The fourth-order valence-electron chi connectivity index (χ4n) is 3.04. The predicted molar refractivity (Wildman–Crippen MR) is 64.4 cm³/mol. The van der Waals surface area contributed by atoms with Crippen LogP contribution in [0.5, 0.6) is 0 Å². The highest BCUT2D eigenvalue weighted by atomic mass is 19.2. The van der Waals surface area contributed by atoms with Crippen molar-refractivity contribution < 1.29 is 22.4 Å². The van der Waals surface area contributed by atoms with Gasteiger partial charge in [-0.1, -0.05) is 12.2 Å². The Labute approximate surface area is 112 Å². The first-order valence-electron chi connectivity index (χ1n) is 6.30. The molecule has 1 fully saturated rings.